The summed E-state index contributed by atoms with van der Waals surface area (Å²) >= 11 is 3.36. The lowest BCUT2D eigenvalue weighted by Gasteiger charge is -2.06. The van der Waals surface area contributed by atoms with E-state index in [0.717, 1.165) is 4.47 Å². The van der Waals surface area contributed by atoms with Crippen LogP contribution in [0, 0.1) is 0 Å². The Balaban J connectivity index is 1.88. The van der Waals surface area contributed by atoms with Crippen LogP contribution in [0.1, 0.15) is 10.4 Å². The maximum Gasteiger partial charge on any atom is 0.256 e. The van der Waals surface area contributed by atoms with Crippen molar-refractivity contribution >= 4 is 38.6 Å². The third-order valence-corrected chi connectivity index (χ3v) is 3.40. The van der Waals surface area contributed by atoms with Crippen LogP contribution in [-0.4, -0.2) is 10.9 Å². The molecule has 0 spiro atoms. The first-order chi connectivity index (χ1) is 9.24. The second-order valence-electron chi connectivity index (χ2n) is 3.97. The Morgan fingerprint density at radius 2 is 2.05 bits per heavy atom. The van der Waals surface area contributed by atoms with E-state index in [9.17, 15) is 4.79 Å². The zero-order chi connectivity index (χ0) is 13.2. The Bertz CT molecular complexity index is 752. The molecular weight excluding hydrogens is 308 g/mol. The third kappa shape index (κ3) is 2.37. The zero-order valence-electron chi connectivity index (χ0n) is 9.76. The molecule has 0 saturated heterocycles. The SMILES string of the molecule is O=C(Nc1ccc2ocnc2c1)c1ccccc1Br. The number of nitrogens with zero attached hydrogens (tertiary/aromatic N) is 1. The van der Waals surface area contributed by atoms with Crippen LogP contribution < -0.4 is 5.32 Å². The summed E-state index contributed by atoms with van der Waals surface area (Å²) in [5.41, 5.74) is 2.67. The van der Waals surface area contributed by atoms with Gasteiger partial charge in [0.2, 0.25) is 0 Å². The van der Waals surface area contributed by atoms with Gasteiger partial charge in [0.15, 0.2) is 12.0 Å². The van der Waals surface area contributed by atoms with Crippen molar-refractivity contribution in [2.75, 3.05) is 5.32 Å². The first-order valence-electron chi connectivity index (χ1n) is 5.63. The van der Waals surface area contributed by atoms with Crippen LogP contribution in [-0.2, 0) is 0 Å². The number of fused-ring (bicyclic) bond motifs is 1. The molecule has 5 heteroatoms. The number of hydrogen-bond donors (Lipinski definition) is 1. The molecular formula is C14H9BrN2O2. The van der Waals surface area contributed by atoms with E-state index in [1.165, 1.54) is 6.39 Å². The van der Waals surface area contributed by atoms with Crippen LogP contribution in [0.3, 0.4) is 0 Å². The molecule has 0 unspecified atom stereocenters. The highest BCUT2D eigenvalue weighted by atomic mass is 79.9. The summed E-state index contributed by atoms with van der Waals surface area (Å²) in [6.45, 7) is 0. The van der Waals surface area contributed by atoms with E-state index in [2.05, 4.69) is 26.2 Å². The average molecular weight is 317 g/mol. The van der Waals surface area contributed by atoms with E-state index in [1.807, 2.05) is 18.2 Å². The number of oxazole rings is 1. The number of rotatable bonds is 2. The molecule has 3 rings (SSSR count). The van der Waals surface area contributed by atoms with Crippen molar-refractivity contribution in [3.63, 3.8) is 0 Å². The van der Waals surface area contributed by atoms with Gasteiger partial charge in [-0.1, -0.05) is 12.1 Å². The Morgan fingerprint density at radius 3 is 2.89 bits per heavy atom. The van der Waals surface area contributed by atoms with Crippen molar-refractivity contribution in [2.24, 2.45) is 0 Å². The quantitative estimate of drug-likeness (QED) is 0.781. The summed E-state index contributed by atoms with van der Waals surface area (Å²) in [7, 11) is 0. The maximum absolute atomic E-state index is 12.1. The van der Waals surface area contributed by atoms with Crippen molar-refractivity contribution in [1.29, 1.82) is 0 Å². The van der Waals surface area contributed by atoms with E-state index in [0.29, 0.717) is 22.4 Å². The predicted molar refractivity (Wildman–Crippen MR) is 76.1 cm³/mol. The van der Waals surface area contributed by atoms with Crippen molar-refractivity contribution in [2.45, 2.75) is 0 Å². The molecule has 0 atom stereocenters. The van der Waals surface area contributed by atoms with Gasteiger partial charge in [0.1, 0.15) is 5.52 Å². The van der Waals surface area contributed by atoms with Crippen LogP contribution in [0.2, 0.25) is 0 Å². The molecule has 0 fully saturated rings. The van der Waals surface area contributed by atoms with Gasteiger partial charge in [-0.15, -0.1) is 0 Å². The number of nitrogens with one attached hydrogen (secondary N) is 1. The highest BCUT2D eigenvalue weighted by Gasteiger charge is 2.10. The van der Waals surface area contributed by atoms with Crippen molar-refractivity contribution in [1.82, 2.24) is 4.98 Å². The molecule has 1 amide bonds. The molecule has 0 saturated carbocycles. The molecule has 19 heavy (non-hydrogen) atoms. The summed E-state index contributed by atoms with van der Waals surface area (Å²) in [4.78, 5) is 16.2. The van der Waals surface area contributed by atoms with Gasteiger partial charge in [0, 0.05) is 10.2 Å². The van der Waals surface area contributed by atoms with Crippen LogP contribution >= 0.6 is 15.9 Å². The average Bonchev–Trinajstić information content (AvgIpc) is 2.86. The van der Waals surface area contributed by atoms with Gasteiger partial charge in [-0.25, -0.2) is 4.98 Å². The Morgan fingerprint density at radius 1 is 1.21 bits per heavy atom. The van der Waals surface area contributed by atoms with Gasteiger partial charge in [0.05, 0.1) is 5.56 Å². The molecule has 2 aromatic carbocycles. The third-order valence-electron chi connectivity index (χ3n) is 2.71. The van der Waals surface area contributed by atoms with Gasteiger partial charge in [-0.05, 0) is 46.3 Å². The zero-order valence-corrected chi connectivity index (χ0v) is 11.3. The molecule has 1 aromatic heterocycles. The van der Waals surface area contributed by atoms with Crippen LogP contribution in [0.4, 0.5) is 5.69 Å². The summed E-state index contributed by atoms with van der Waals surface area (Å²) < 4.78 is 5.91. The van der Waals surface area contributed by atoms with Gasteiger partial charge in [0.25, 0.3) is 5.91 Å². The van der Waals surface area contributed by atoms with Crippen LogP contribution in [0.25, 0.3) is 11.1 Å². The Labute approximate surface area is 117 Å². The number of aromatic nitrogens is 1. The van der Waals surface area contributed by atoms with E-state index >= 15 is 0 Å². The van der Waals surface area contributed by atoms with E-state index in [-0.39, 0.29) is 5.91 Å². The highest BCUT2D eigenvalue weighted by Crippen LogP contribution is 2.20. The summed E-state index contributed by atoms with van der Waals surface area (Å²) in [6, 6.07) is 12.6. The second kappa shape index (κ2) is 4.85. The van der Waals surface area contributed by atoms with Crippen molar-refractivity contribution in [3.05, 3.63) is 58.9 Å². The molecule has 94 valence electrons. The molecule has 0 aliphatic rings. The van der Waals surface area contributed by atoms with Crippen LogP contribution in [0.5, 0.6) is 0 Å². The topological polar surface area (TPSA) is 55.1 Å². The van der Waals surface area contributed by atoms with Crippen molar-refractivity contribution < 1.29 is 9.21 Å². The van der Waals surface area contributed by atoms with Gasteiger partial charge < -0.3 is 9.73 Å². The first-order valence-corrected chi connectivity index (χ1v) is 6.42. The molecule has 4 nitrogen and oxygen atoms in total. The van der Waals surface area contributed by atoms with E-state index in [1.54, 1.807) is 24.3 Å². The van der Waals surface area contributed by atoms with Gasteiger partial charge in [-0.2, -0.15) is 0 Å². The molecule has 1 N–H and O–H groups in total. The predicted octanol–water partition coefficient (Wildman–Crippen LogP) is 3.84. The summed E-state index contributed by atoms with van der Waals surface area (Å²) in [5.74, 6) is -0.171. The molecule has 3 aromatic rings. The Kier molecular flexibility index (Phi) is 3.05. The van der Waals surface area contributed by atoms with Gasteiger partial charge in [-0.3, -0.25) is 4.79 Å². The standard InChI is InChI=1S/C14H9BrN2O2/c15-11-4-2-1-3-10(11)14(18)17-9-5-6-13-12(7-9)16-8-19-13/h1-8H,(H,17,18). The smallest absolute Gasteiger partial charge is 0.256 e. The summed E-state index contributed by atoms with van der Waals surface area (Å²) in [5, 5.41) is 2.83. The lowest BCUT2D eigenvalue weighted by Crippen LogP contribution is -2.12. The fraction of sp³-hybridized carbons (Fsp3) is 0. The lowest BCUT2D eigenvalue weighted by atomic mass is 10.2. The number of hydrogen-bond acceptors (Lipinski definition) is 3. The monoisotopic (exact) mass is 316 g/mol. The number of anilines is 1. The molecule has 0 bridgehead atoms. The van der Waals surface area contributed by atoms with Crippen molar-refractivity contribution in [3.8, 4) is 0 Å². The fourth-order valence-corrected chi connectivity index (χ4v) is 2.24. The minimum atomic E-state index is -0.171. The van der Waals surface area contributed by atoms with E-state index < -0.39 is 0 Å². The highest BCUT2D eigenvalue weighted by molar-refractivity contribution is 9.10. The fourth-order valence-electron chi connectivity index (χ4n) is 1.78. The normalized spacial score (nSPS) is 10.6. The molecule has 0 aliphatic heterocycles. The molecule has 0 radical (unpaired) electrons. The minimum Gasteiger partial charge on any atom is -0.443 e. The summed E-state index contributed by atoms with van der Waals surface area (Å²) in [6.07, 6.45) is 1.38. The number of carbonyl (C=O) groups excluding carboxylic acids is 1. The Hall–Kier alpha value is -2.14. The maximum atomic E-state index is 12.1. The number of amides is 1. The first kappa shape index (κ1) is 11.9. The number of halogens is 1. The number of carbonyl (C=O) groups is 1. The number of benzene rings is 2. The largest absolute Gasteiger partial charge is 0.443 e. The van der Waals surface area contributed by atoms with Gasteiger partial charge >= 0.3 is 0 Å². The van der Waals surface area contributed by atoms with E-state index in [4.69, 9.17) is 4.42 Å². The second-order valence-corrected chi connectivity index (χ2v) is 4.82. The molecule has 0 aliphatic carbocycles. The minimum absolute atomic E-state index is 0.171. The molecule has 1 heterocycles. The van der Waals surface area contributed by atoms with Crippen LogP contribution in [0.15, 0.2) is 57.7 Å². The lowest BCUT2D eigenvalue weighted by molar-refractivity contribution is 0.102.